The maximum Gasteiger partial charge on any atom is 0.136 e. The van der Waals surface area contributed by atoms with Crippen LogP contribution in [0.25, 0.3) is 91.1 Å². The fraction of sp³-hybridized carbons (Fsp3) is 0.0833. The molecule has 2 heteroatoms. The average molecular weight is 659 g/mol. The third kappa shape index (κ3) is 4.38. The van der Waals surface area contributed by atoms with Crippen molar-refractivity contribution in [2.24, 2.45) is 0 Å². The van der Waals surface area contributed by atoms with Gasteiger partial charge in [0.25, 0.3) is 0 Å². The quantitative estimate of drug-likeness (QED) is 0.128. The summed E-state index contributed by atoms with van der Waals surface area (Å²) >= 11 is 1.90. The molecule has 0 aliphatic heterocycles. The molecule has 10 rings (SSSR count). The van der Waals surface area contributed by atoms with Gasteiger partial charge in [0.05, 0.1) is 0 Å². The number of hydrogen-bond donors (Lipinski definition) is 0. The summed E-state index contributed by atoms with van der Waals surface area (Å²) in [5, 5.41) is 12.8. The van der Waals surface area contributed by atoms with Crippen LogP contribution in [-0.2, 0) is 0 Å². The summed E-state index contributed by atoms with van der Waals surface area (Å²) in [6.45, 7) is 8.50. The van der Waals surface area contributed by atoms with Crippen LogP contribution in [0.15, 0.2) is 151 Å². The van der Waals surface area contributed by atoms with Gasteiger partial charge in [-0.15, -0.1) is 17.9 Å². The first-order chi connectivity index (χ1) is 24.7. The fourth-order valence-electron chi connectivity index (χ4n) is 8.41. The highest BCUT2D eigenvalue weighted by Gasteiger charge is 2.20. The monoisotopic (exact) mass is 658 g/mol. The molecule has 1 aliphatic rings. The lowest BCUT2D eigenvalue weighted by Crippen LogP contribution is -1.98. The Morgan fingerprint density at radius 1 is 0.620 bits per heavy atom. The van der Waals surface area contributed by atoms with E-state index in [2.05, 4.69) is 135 Å². The first-order valence-electron chi connectivity index (χ1n) is 17.5. The summed E-state index contributed by atoms with van der Waals surface area (Å²) in [5.74, 6) is 0. The zero-order valence-electron chi connectivity index (χ0n) is 27.8. The highest BCUT2D eigenvalue weighted by molar-refractivity contribution is 7.26. The Hall–Kier alpha value is -5.70. The summed E-state index contributed by atoms with van der Waals surface area (Å²) < 4.78 is 8.88. The molecule has 2 aromatic heterocycles. The van der Waals surface area contributed by atoms with Crippen molar-refractivity contribution in [3.05, 3.63) is 163 Å². The maximum absolute atomic E-state index is 6.21. The zero-order valence-corrected chi connectivity index (χ0v) is 28.6. The number of para-hydroxylation sites is 1. The maximum atomic E-state index is 6.21. The minimum Gasteiger partial charge on any atom is -0.456 e. The van der Waals surface area contributed by atoms with E-state index >= 15 is 0 Å². The largest absolute Gasteiger partial charge is 0.456 e. The van der Waals surface area contributed by atoms with Crippen molar-refractivity contribution in [2.45, 2.75) is 25.7 Å². The molecule has 0 fully saturated rings. The van der Waals surface area contributed by atoms with Gasteiger partial charge in [0, 0.05) is 36.3 Å². The van der Waals surface area contributed by atoms with E-state index in [4.69, 9.17) is 4.42 Å². The lowest BCUT2D eigenvalue weighted by Gasteiger charge is -2.22. The van der Waals surface area contributed by atoms with Crippen LogP contribution >= 0.6 is 11.3 Å². The Bertz CT molecular complexity index is 2900. The van der Waals surface area contributed by atoms with Gasteiger partial charge in [0.15, 0.2) is 0 Å². The van der Waals surface area contributed by atoms with Crippen LogP contribution in [-0.4, -0.2) is 0 Å². The van der Waals surface area contributed by atoms with Crippen LogP contribution in [0.5, 0.6) is 0 Å². The van der Waals surface area contributed by atoms with Gasteiger partial charge in [-0.25, -0.2) is 0 Å². The number of benzene rings is 7. The number of fused-ring (bicyclic) bond motifs is 11. The van der Waals surface area contributed by atoms with Gasteiger partial charge in [-0.3, -0.25) is 0 Å². The Morgan fingerprint density at radius 2 is 1.26 bits per heavy atom. The van der Waals surface area contributed by atoms with Gasteiger partial charge in [-0.2, -0.15) is 0 Å². The molecule has 0 spiro atoms. The third-order valence-corrected chi connectivity index (χ3v) is 12.0. The summed E-state index contributed by atoms with van der Waals surface area (Å²) in [6.07, 6.45) is 10.6. The van der Waals surface area contributed by atoms with E-state index in [0.29, 0.717) is 0 Å². The molecule has 1 aliphatic carbocycles. The molecule has 7 aromatic carbocycles. The Kier molecular flexibility index (Phi) is 6.69. The highest BCUT2D eigenvalue weighted by atomic mass is 32.1. The fourth-order valence-corrected chi connectivity index (χ4v) is 9.62. The van der Waals surface area contributed by atoms with Gasteiger partial charge in [0.1, 0.15) is 11.2 Å². The van der Waals surface area contributed by atoms with Crippen molar-refractivity contribution in [1.29, 1.82) is 0 Å². The van der Waals surface area contributed by atoms with Crippen molar-refractivity contribution < 1.29 is 4.42 Å². The molecular weight excluding hydrogens is 625 g/mol. The normalized spacial score (nSPS) is 13.6. The second-order valence-electron chi connectivity index (χ2n) is 13.5. The van der Waals surface area contributed by atoms with Crippen molar-refractivity contribution in [3.63, 3.8) is 0 Å². The van der Waals surface area contributed by atoms with Crippen LogP contribution < -0.4 is 0 Å². The lowest BCUT2D eigenvalue weighted by molar-refractivity contribution is 0.669. The molecule has 238 valence electrons. The molecule has 0 radical (unpaired) electrons. The van der Waals surface area contributed by atoms with E-state index in [1.807, 2.05) is 23.5 Å². The van der Waals surface area contributed by atoms with Crippen LogP contribution in [0.4, 0.5) is 0 Å². The summed E-state index contributed by atoms with van der Waals surface area (Å²) in [5.41, 5.74) is 9.81. The van der Waals surface area contributed by atoms with Crippen LogP contribution in [0.2, 0.25) is 0 Å². The predicted octanol–water partition coefficient (Wildman–Crippen LogP) is 14.7. The van der Waals surface area contributed by atoms with Gasteiger partial charge in [-0.1, -0.05) is 110 Å². The lowest BCUT2D eigenvalue weighted by atomic mass is 9.82. The van der Waals surface area contributed by atoms with Crippen molar-refractivity contribution >= 4 is 102 Å². The minimum atomic E-state index is 0.914. The molecule has 0 atom stereocenters. The number of rotatable bonds is 6. The van der Waals surface area contributed by atoms with Gasteiger partial charge in [-0.05, 0) is 116 Å². The van der Waals surface area contributed by atoms with Gasteiger partial charge in [0.2, 0.25) is 0 Å². The summed E-state index contributed by atoms with van der Waals surface area (Å²) in [7, 11) is 0. The molecule has 0 saturated carbocycles. The molecule has 9 aromatic rings. The predicted molar refractivity (Wildman–Crippen MR) is 219 cm³/mol. The van der Waals surface area contributed by atoms with Crippen LogP contribution in [0.3, 0.4) is 0 Å². The second kappa shape index (κ2) is 11.4. The molecule has 2 heterocycles. The molecule has 1 nitrogen and oxygen atoms in total. The smallest absolute Gasteiger partial charge is 0.136 e. The Labute approximate surface area is 294 Å². The molecule has 50 heavy (non-hydrogen) atoms. The molecule has 0 saturated heterocycles. The first kappa shape index (κ1) is 29.2. The van der Waals surface area contributed by atoms with E-state index in [1.54, 1.807) is 0 Å². The van der Waals surface area contributed by atoms with Gasteiger partial charge >= 0.3 is 0 Å². The van der Waals surface area contributed by atoms with Gasteiger partial charge < -0.3 is 4.42 Å². The number of allylic oxidation sites excluding steroid dienone is 6. The zero-order chi connectivity index (χ0) is 33.3. The van der Waals surface area contributed by atoms with E-state index in [0.717, 1.165) is 36.8 Å². The average Bonchev–Trinajstić information content (AvgIpc) is 3.74. The van der Waals surface area contributed by atoms with Crippen LogP contribution in [0.1, 0.15) is 42.4 Å². The molecular formula is C48H34OS. The summed E-state index contributed by atoms with van der Waals surface area (Å²) in [4.78, 5) is 0. The van der Waals surface area contributed by atoms with Crippen LogP contribution in [0, 0.1) is 0 Å². The van der Waals surface area contributed by atoms with Crippen molar-refractivity contribution in [2.75, 3.05) is 0 Å². The number of furan rings is 1. The van der Waals surface area contributed by atoms with E-state index in [-0.39, 0.29) is 0 Å². The first-order valence-corrected chi connectivity index (χ1v) is 18.3. The SMILES string of the molecule is C=CCCC(=C)c1c2ccccc2c(C2=CC=C(c3ccc4sc5c(ccc6c5ccc5oc7ccccc7c56)c4c3)CC2)c2ccccc12. The minimum absolute atomic E-state index is 0.914. The number of thiophene rings is 1. The topological polar surface area (TPSA) is 13.1 Å². The molecule has 0 N–H and O–H groups in total. The summed E-state index contributed by atoms with van der Waals surface area (Å²) in [6, 6.07) is 42.2. The molecule has 0 unspecified atom stereocenters. The van der Waals surface area contributed by atoms with Crippen molar-refractivity contribution in [1.82, 2.24) is 0 Å². The molecule has 0 amide bonds. The van der Waals surface area contributed by atoms with E-state index in [1.165, 1.54) is 96.7 Å². The standard InChI is InChI=1S/C48H34OS/c1-3-4-11-29(2)45-33-12-5-7-14-35(33)46(36-15-8-6-13-34(36)45)31-20-18-30(19-21-31)32-22-27-44-41(28-32)39-24-23-37-38(48(39)50-44)25-26-43-47(37)40-16-9-10-17-42(40)49-43/h3,5-10,12-18,20,22-28H,1-2,4,11,19,21H2. The Balaban J connectivity index is 1.08. The highest BCUT2D eigenvalue weighted by Crippen LogP contribution is 2.46. The second-order valence-corrected chi connectivity index (χ2v) is 14.6. The third-order valence-electron chi connectivity index (χ3n) is 10.7. The van der Waals surface area contributed by atoms with Crippen molar-refractivity contribution in [3.8, 4) is 0 Å². The van der Waals surface area contributed by atoms with E-state index in [9.17, 15) is 0 Å². The molecule has 0 bridgehead atoms. The Morgan fingerprint density at radius 3 is 2.00 bits per heavy atom. The van der Waals surface area contributed by atoms with E-state index < -0.39 is 0 Å². The number of hydrogen-bond acceptors (Lipinski definition) is 2.